The number of piperazine rings is 1. The third-order valence-electron chi connectivity index (χ3n) is 4.55. The van der Waals surface area contributed by atoms with Crippen molar-refractivity contribution in [3.63, 3.8) is 0 Å². The number of halogens is 1. The molecule has 2 aromatic rings. The summed E-state index contributed by atoms with van der Waals surface area (Å²) in [5.41, 5.74) is 0.437. The summed E-state index contributed by atoms with van der Waals surface area (Å²) in [6, 6.07) is 3.20. The monoisotopic (exact) mass is 486 g/mol. The third kappa shape index (κ3) is 5.86. The number of hydrogen-bond donors (Lipinski definition) is 2. The number of carbonyl (C=O) groups is 2. The number of likely N-dealkylation sites (N-methyl/N-ethyl adjacent to an activating group) is 1. The quantitative estimate of drug-likeness (QED) is 0.579. The Morgan fingerprint density at radius 1 is 1.12 bits per heavy atom. The first-order valence-corrected chi connectivity index (χ1v) is 10.9. The Bertz CT molecular complexity index is 1080. The number of fused-ring (bicyclic) bond motifs is 1. The summed E-state index contributed by atoms with van der Waals surface area (Å²) >= 11 is 5.89. The lowest BCUT2D eigenvalue weighted by atomic mass is 10.3. The Hall–Kier alpha value is -2.91. The summed E-state index contributed by atoms with van der Waals surface area (Å²) < 4.78 is 37.3. The van der Waals surface area contributed by atoms with Gasteiger partial charge >= 0.3 is 16.5 Å². The summed E-state index contributed by atoms with van der Waals surface area (Å²) in [7, 11) is -2.67. The van der Waals surface area contributed by atoms with Crippen LogP contribution in [0.3, 0.4) is 0 Å². The van der Waals surface area contributed by atoms with Crippen LogP contribution in [0.1, 0.15) is 22.4 Å². The second-order valence-corrected chi connectivity index (χ2v) is 8.11. The molecule has 2 N–H and O–H groups in total. The highest BCUT2D eigenvalue weighted by atomic mass is 35.5. The van der Waals surface area contributed by atoms with Crippen molar-refractivity contribution in [2.45, 2.75) is 6.23 Å². The van der Waals surface area contributed by atoms with Gasteiger partial charge in [-0.2, -0.15) is 8.42 Å². The van der Waals surface area contributed by atoms with Crippen LogP contribution in [0, 0.1) is 0 Å². The van der Waals surface area contributed by atoms with Gasteiger partial charge in [-0.1, -0.05) is 11.6 Å². The molecular weight excluding hydrogens is 468 g/mol. The van der Waals surface area contributed by atoms with Gasteiger partial charge in [0.25, 0.3) is 5.91 Å². The maximum atomic E-state index is 12.8. The molecule has 0 spiro atoms. The highest BCUT2D eigenvalue weighted by Crippen LogP contribution is 2.35. The molecule has 2 aliphatic heterocycles. The average Bonchev–Trinajstić information content (AvgIpc) is 3.00. The number of pyridine rings is 1. The minimum Gasteiger partial charge on any atom is -0.419 e. The van der Waals surface area contributed by atoms with E-state index < -0.39 is 28.6 Å². The van der Waals surface area contributed by atoms with Crippen molar-refractivity contribution in [1.82, 2.24) is 24.8 Å². The predicted octanol–water partition coefficient (Wildman–Crippen LogP) is 0.915. The van der Waals surface area contributed by atoms with Gasteiger partial charge in [0.1, 0.15) is 11.5 Å². The number of amides is 2. The van der Waals surface area contributed by atoms with Crippen molar-refractivity contribution in [2.24, 2.45) is 0 Å². The van der Waals surface area contributed by atoms with Crippen LogP contribution in [0.4, 0.5) is 10.6 Å². The van der Waals surface area contributed by atoms with Gasteiger partial charge in [-0.15, -0.1) is 0 Å². The normalized spacial score (nSPS) is 18.6. The molecule has 2 aromatic heterocycles. The standard InChI is InChI=1S/C17H17ClN6O3.H2O4S/c1-22-6-8-23(9-7-22)17(26)27-16-14-13(19-4-5-20-14)15(25)24(16)12-3-2-11(18)10-21-12;1-5(2,3)4/h2-5,10,16H,6-9H2,1H3;(H2,1,2,3,4)/t16-;/m0./s1. The molecule has 0 aromatic carbocycles. The van der Waals surface area contributed by atoms with Crippen LogP contribution in [0.5, 0.6) is 0 Å². The molecule has 0 unspecified atom stereocenters. The molecule has 1 atom stereocenters. The van der Waals surface area contributed by atoms with Crippen molar-refractivity contribution in [3.05, 3.63) is 47.1 Å². The Balaban J connectivity index is 0.000000523. The van der Waals surface area contributed by atoms with E-state index in [0.29, 0.717) is 29.6 Å². The van der Waals surface area contributed by atoms with E-state index >= 15 is 0 Å². The molecule has 2 amide bonds. The second-order valence-electron chi connectivity index (χ2n) is 6.77. The van der Waals surface area contributed by atoms with Crippen LogP contribution < -0.4 is 4.90 Å². The van der Waals surface area contributed by atoms with Gasteiger partial charge in [0.05, 0.1) is 5.02 Å². The SMILES string of the molecule is CN1CCN(C(=O)O[C@H]2c3nccnc3C(=O)N2c2ccc(Cl)cn2)CC1.O=S(=O)(O)O. The number of hydrogen-bond acceptors (Lipinski definition) is 9. The molecule has 1 fully saturated rings. The molecule has 0 aliphatic carbocycles. The summed E-state index contributed by atoms with van der Waals surface area (Å²) in [4.78, 5) is 43.0. The fourth-order valence-corrected chi connectivity index (χ4v) is 3.15. The molecular formula is C17H19ClN6O7S. The first kappa shape index (κ1) is 23.7. The summed E-state index contributed by atoms with van der Waals surface area (Å²) in [6.07, 6.45) is 2.78. The van der Waals surface area contributed by atoms with Crippen molar-refractivity contribution in [2.75, 3.05) is 38.1 Å². The van der Waals surface area contributed by atoms with E-state index in [2.05, 4.69) is 19.9 Å². The zero-order valence-corrected chi connectivity index (χ0v) is 18.3. The number of aromatic nitrogens is 3. The van der Waals surface area contributed by atoms with Crippen molar-refractivity contribution in [3.8, 4) is 0 Å². The molecule has 1 saturated heterocycles. The minimum atomic E-state index is -4.67. The van der Waals surface area contributed by atoms with E-state index in [1.807, 2.05) is 7.05 Å². The lowest BCUT2D eigenvalue weighted by Gasteiger charge is -2.33. The molecule has 32 heavy (non-hydrogen) atoms. The van der Waals surface area contributed by atoms with Gasteiger partial charge in [-0.3, -0.25) is 18.9 Å². The lowest BCUT2D eigenvalue weighted by Crippen LogP contribution is -2.48. The predicted molar refractivity (Wildman–Crippen MR) is 111 cm³/mol. The minimum absolute atomic E-state index is 0.144. The van der Waals surface area contributed by atoms with Crippen molar-refractivity contribution >= 4 is 39.8 Å². The molecule has 0 bridgehead atoms. The molecule has 4 rings (SSSR count). The number of carbonyl (C=O) groups excluding carboxylic acids is 2. The van der Waals surface area contributed by atoms with E-state index in [0.717, 1.165) is 13.1 Å². The van der Waals surface area contributed by atoms with E-state index in [4.69, 9.17) is 33.9 Å². The Morgan fingerprint density at radius 3 is 2.34 bits per heavy atom. The highest BCUT2D eigenvalue weighted by Gasteiger charge is 2.44. The van der Waals surface area contributed by atoms with Crippen LogP contribution in [0.2, 0.25) is 5.02 Å². The zero-order valence-electron chi connectivity index (χ0n) is 16.7. The Morgan fingerprint density at radius 2 is 1.75 bits per heavy atom. The first-order valence-electron chi connectivity index (χ1n) is 9.14. The molecule has 15 heteroatoms. The first-order chi connectivity index (χ1) is 15.0. The smallest absolute Gasteiger partial charge is 0.412 e. The van der Waals surface area contributed by atoms with E-state index in [-0.39, 0.29) is 5.69 Å². The van der Waals surface area contributed by atoms with E-state index in [1.54, 1.807) is 17.0 Å². The third-order valence-corrected chi connectivity index (χ3v) is 4.77. The number of anilines is 1. The average molecular weight is 487 g/mol. The van der Waals surface area contributed by atoms with Crippen LogP contribution in [0.15, 0.2) is 30.7 Å². The molecule has 2 aliphatic rings. The van der Waals surface area contributed by atoms with Gasteiger partial charge in [-0.25, -0.2) is 19.7 Å². The summed E-state index contributed by atoms with van der Waals surface area (Å²) in [6.45, 7) is 2.64. The fourth-order valence-electron chi connectivity index (χ4n) is 3.04. The number of nitrogens with zero attached hydrogens (tertiary/aromatic N) is 6. The van der Waals surface area contributed by atoms with Gasteiger partial charge < -0.3 is 14.5 Å². The summed E-state index contributed by atoms with van der Waals surface area (Å²) in [5, 5.41) is 0.435. The van der Waals surface area contributed by atoms with Gasteiger partial charge in [-0.05, 0) is 19.2 Å². The molecule has 0 radical (unpaired) electrons. The van der Waals surface area contributed by atoms with E-state index in [9.17, 15) is 9.59 Å². The van der Waals surface area contributed by atoms with Crippen molar-refractivity contribution < 1.29 is 31.8 Å². The number of rotatable bonds is 2. The maximum Gasteiger partial charge on any atom is 0.412 e. The van der Waals surface area contributed by atoms with Gasteiger partial charge in [0.2, 0.25) is 6.23 Å². The van der Waals surface area contributed by atoms with Gasteiger partial charge in [0.15, 0.2) is 5.69 Å². The number of ether oxygens (including phenoxy) is 1. The topological polar surface area (TPSA) is 166 Å². The van der Waals surface area contributed by atoms with E-state index in [1.165, 1.54) is 23.5 Å². The summed E-state index contributed by atoms with van der Waals surface area (Å²) in [5.74, 6) is -0.121. The van der Waals surface area contributed by atoms with Crippen LogP contribution >= 0.6 is 11.6 Å². The highest BCUT2D eigenvalue weighted by molar-refractivity contribution is 7.79. The van der Waals surface area contributed by atoms with Crippen LogP contribution in [-0.2, 0) is 15.1 Å². The maximum absolute atomic E-state index is 12.8. The molecule has 0 saturated carbocycles. The Kier molecular flexibility index (Phi) is 7.20. The zero-order chi connectivity index (χ0) is 23.5. The molecule has 172 valence electrons. The van der Waals surface area contributed by atoms with Gasteiger partial charge in [0, 0.05) is 44.8 Å². The Labute approximate surface area is 188 Å². The molecule has 13 nitrogen and oxygen atoms in total. The fraction of sp³-hybridized carbons (Fsp3) is 0.353. The largest absolute Gasteiger partial charge is 0.419 e. The lowest BCUT2D eigenvalue weighted by molar-refractivity contribution is 0.0476. The van der Waals surface area contributed by atoms with Crippen LogP contribution in [-0.4, -0.2) is 87.5 Å². The second kappa shape index (κ2) is 9.70. The van der Waals surface area contributed by atoms with Crippen molar-refractivity contribution in [1.29, 1.82) is 0 Å². The van der Waals surface area contributed by atoms with Crippen LogP contribution in [0.25, 0.3) is 0 Å². The molecule has 4 heterocycles.